The molecular formula is CH6O3SZn. The maximum atomic E-state index is 8.59. The number of rotatable bonds is 0. The summed E-state index contributed by atoms with van der Waals surface area (Å²) < 4.78 is 24.2. The smallest absolute Gasteiger partial charge is 0.254 e. The molecule has 0 radical (unpaired) electrons. The third-order valence-electron chi connectivity index (χ3n) is 0. The molecule has 0 rings (SSSR count). The Bertz CT molecular complexity index is 59.2. The zero-order chi connectivity index (χ0) is 3.58. The fraction of sp³-hybridized carbons (Fsp3) is 1.00. The summed E-state index contributed by atoms with van der Waals surface area (Å²) in [6.07, 6.45) is 0. The Balaban J connectivity index is -0.0000000450. The van der Waals surface area contributed by atoms with Crippen LogP contribution in [0.2, 0.25) is 0 Å². The van der Waals surface area contributed by atoms with E-state index < -0.39 is 11.0 Å². The molecule has 6 heavy (non-hydrogen) atoms. The first kappa shape index (κ1) is 16.0. The Morgan fingerprint density at radius 3 is 1.33 bits per heavy atom. The zero-order valence-corrected chi connectivity index (χ0v) is 6.28. The van der Waals surface area contributed by atoms with Crippen LogP contribution in [0, 0.1) is 0 Å². The van der Waals surface area contributed by atoms with Crippen LogP contribution in [0.4, 0.5) is 0 Å². The van der Waals surface area contributed by atoms with Crippen molar-refractivity contribution in [2.24, 2.45) is 0 Å². The minimum absolute atomic E-state index is 0. The molecule has 0 aromatic rings. The van der Waals surface area contributed by atoms with E-state index in [2.05, 4.69) is 0 Å². The molecule has 0 aliphatic carbocycles. The SMILES string of the molecule is C.O=[SH](=O)O.[Zn]. The van der Waals surface area contributed by atoms with Crippen molar-refractivity contribution in [3.63, 3.8) is 0 Å². The van der Waals surface area contributed by atoms with E-state index in [1.807, 2.05) is 0 Å². The molecule has 0 aliphatic heterocycles. The fourth-order valence-electron chi connectivity index (χ4n) is 0. The second-order valence-electron chi connectivity index (χ2n) is 0.238. The van der Waals surface area contributed by atoms with Gasteiger partial charge in [0.2, 0.25) is 0 Å². The van der Waals surface area contributed by atoms with Crippen LogP contribution in [0.15, 0.2) is 0 Å². The van der Waals surface area contributed by atoms with Crippen LogP contribution >= 0.6 is 0 Å². The quantitative estimate of drug-likeness (QED) is 0.293. The van der Waals surface area contributed by atoms with Gasteiger partial charge in [-0.15, -0.1) is 0 Å². The topological polar surface area (TPSA) is 54.4 Å². The number of hydrogen-bond donors (Lipinski definition) is 2. The van der Waals surface area contributed by atoms with Crippen LogP contribution in [0.25, 0.3) is 0 Å². The van der Waals surface area contributed by atoms with E-state index in [4.69, 9.17) is 13.0 Å². The average molecular weight is 164 g/mol. The van der Waals surface area contributed by atoms with E-state index in [0.29, 0.717) is 0 Å². The first-order valence-electron chi connectivity index (χ1n) is 0.565. The molecule has 0 atom stereocenters. The van der Waals surface area contributed by atoms with Gasteiger partial charge in [0.15, 0.2) is 0 Å². The van der Waals surface area contributed by atoms with Crippen LogP contribution in [-0.2, 0) is 30.5 Å². The Morgan fingerprint density at radius 1 is 1.33 bits per heavy atom. The molecule has 0 amide bonds. The van der Waals surface area contributed by atoms with E-state index in [1.54, 1.807) is 0 Å². The summed E-state index contributed by atoms with van der Waals surface area (Å²) in [4.78, 5) is 0. The Kier molecular flexibility index (Phi) is 24.3. The standard InChI is InChI=1S/CH4.H2O3S.Zn/c;1-4(2)3;/h1H4;4H,(H,1,2,3);. The van der Waals surface area contributed by atoms with E-state index >= 15 is 0 Å². The molecule has 0 saturated carbocycles. The molecule has 1 N–H and O–H groups in total. The average Bonchev–Trinajstić information content (AvgIpc) is 0.811. The zero-order valence-electron chi connectivity index (χ0n) is 2.42. The third kappa shape index (κ3) is 199. The molecule has 0 aliphatic rings. The summed E-state index contributed by atoms with van der Waals surface area (Å²) in [7, 11) is -3.12. The van der Waals surface area contributed by atoms with Gasteiger partial charge in [0.05, 0.1) is 0 Å². The molecular weight excluding hydrogens is 157 g/mol. The van der Waals surface area contributed by atoms with Gasteiger partial charge >= 0.3 is 0 Å². The van der Waals surface area contributed by atoms with Crippen molar-refractivity contribution < 1.29 is 32.4 Å². The van der Waals surface area contributed by atoms with Crippen molar-refractivity contribution in [1.82, 2.24) is 0 Å². The minimum atomic E-state index is -3.12. The van der Waals surface area contributed by atoms with Gasteiger partial charge in [0.1, 0.15) is 0 Å². The number of hydrogen-bond acceptors (Lipinski definition) is 2. The molecule has 36 valence electrons. The molecule has 0 unspecified atom stereocenters. The normalized spacial score (nSPS) is 5.67. The van der Waals surface area contributed by atoms with Gasteiger partial charge in [0.25, 0.3) is 11.0 Å². The Labute approximate surface area is 51.3 Å². The largest absolute Gasteiger partial charge is 0.288 e. The predicted octanol–water partition coefficient (Wildman–Crippen LogP) is -0.296. The van der Waals surface area contributed by atoms with Gasteiger partial charge in [-0.1, -0.05) is 7.43 Å². The van der Waals surface area contributed by atoms with Gasteiger partial charge in [-0.3, -0.25) is 4.55 Å². The summed E-state index contributed by atoms with van der Waals surface area (Å²) in [5.41, 5.74) is 0. The van der Waals surface area contributed by atoms with E-state index in [9.17, 15) is 0 Å². The van der Waals surface area contributed by atoms with E-state index in [-0.39, 0.29) is 26.9 Å². The molecule has 5 heteroatoms. The van der Waals surface area contributed by atoms with E-state index in [0.717, 1.165) is 0 Å². The second-order valence-corrected chi connectivity index (χ2v) is 0.714. The van der Waals surface area contributed by atoms with Crippen molar-refractivity contribution in [1.29, 1.82) is 0 Å². The first-order chi connectivity index (χ1) is 1.73. The van der Waals surface area contributed by atoms with Gasteiger partial charge in [-0.05, 0) is 0 Å². The Morgan fingerprint density at radius 2 is 1.33 bits per heavy atom. The molecule has 0 aromatic carbocycles. The fourth-order valence-corrected chi connectivity index (χ4v) is 0. The predicted molar refractivity (Wildman–Crippen MR) is 19.7 cm³/mol. The van der Waals surface area contributed by atoms with Crippen molar-refractivity contribution in [3.8, 4) is 0 Å². The number of thiol groups is 1. The van der Waals surface area contributed by atoms with Gasteiger partial charge < -0.3 is 0 Å². The van der Waals surface area contributed by atoms with Crippen molar-refractivity contribution in [2.75, 3.05) is 0 Å². The monoisotopic (exact) mass is 162 g/mol. The Hall–Kier alpha value is 0.533. The molecule has 0 fully saturated rings. The van der Waals surface area contributed by atoms with Crippen LogP contribution in [0.5, 0.6) is 0 Å². The van der Waals surface area contributed by atoms with Crippen molar-refractivity contribution in [3.05, 3.63) is 0 Å². The maximum Gasteiger partial charge on any atom is 0.254 e. The molecule has 0 heterocycles. The maximum absolute atomic E-state index is 8.59. The molecule has 3 nitrogen and oxygen atoms in total. The summed E-state index contributed by atoms with van der Waals surface area (Å²) in [6.45, 7) is 0. The summed E-state index contributed by atoms with van der Waals surface area (Å²) in [5, 5.41) is 0. The summed E-state index contributed by atoms with van der Waals surface area (Å²) in [5.74, 6) is 0. The second kappa shape index (κ2) is 9.11. The van der Waals surface area contributed by atoms with Crippen molar-refractivity contribution in [2.45, 2.75) is 7.43 Å². The van der Waals surface area contributed by atoms with Gasteiger partial charge in [-0.25, -0.2) is 8.42 Å². The third-order valence-corrected chi connectivity index (χ3v) is 0. The van der Waals surface area contributed by atoms with Crippen LogP contribution in [0.3, 0.4) is 0 Å². The molecule has 0 bridgehead atoms. The van der Waals surface area contributed by atoms with Crippen LogP contribution in [0.1, 0.15) is 7.43 Å². The molecule has 0 spiro atoms. The van der Waals surface area contributed by atoms with Gasteiger partial charge in [-0.2, -0.15) is 0 Å². The van der Waals surface area contributed by atoms with Crippen LogP contribution in [-0.4, -0.2) is 13.0 Å². The first-order valence-corrected chi connectivity index (χ1v) is 1.70. The van der Waals surface area contributed by atoms with Crippen molar-refractivity contribution >= 4 is 11.0 Å². The summed E-state index contributed by atoms with van der Waals surface area (Å²) >= 11 is 0. The van der Waals surface area contributed by atoms with E-state index in [1.165, 1.54) is 0 Å². The molecule has 0 aromatic heterocycles. The minimum Gasteiger partial charge on any atom is -0.288 e. The van der Waals surface area contributed by atoms with Gasteiger partial charge in [0, 0.05) is 19.5 Å². The van der Waals surface area contributed by atoms with Crippen LogP contribution < -0.4 is 0 Å². The molecule has 0 saturated heterocycles. The summed E-state index contributed by atoms with van der Waals surface area (Å²) in [6, 6.07) is 0.